The van der Waals surface area contributed by atoms with Crippen LogP contribution in [0.5, 0.6) is 0 Å². The molecule has 1 aromatic heterocycles. The Morgan fingerprint density at radius 2 is 2.39 bits per heavy atom. The molecule has 18 heavy (non-hydrogen) atoms. The highest BCUT2D eigenvalue weighted by Crippen LogP contribution is 2.26. The minimum Gasteiger partial charge on any atom is -0.376 e. The molecule has 3 atom stereocenters. The van der Waals surface area contributed by atoms with Crippen LogP contribution in [-0.4, -0.2) is 46.3 Å². The first-order valence-corrected chi connectivity index (χ1v) is 6.71. The van der Waals surface area contributed by atoms with Gasteiger partial charge in [-0.05, 0) is 13.3 Å². The lowest BCUT2D eigenvalue weighted by atomic mass is 10.0. The third kappa shape index (κ3) is 2.58. The van der Waals surface area contributed by atoms with Crippen LogP contribution in [0.15, 0.2) is 12.5 Å². The Morgan fingerprint density at radius 1 is 1.61 bits per heavy atom. The zero-order valence-corrected chi connectivity index (χ0v) is 11.5. The van der Waals surface area contributed by atoms with Crippen molar-refractivity contribution in [2.45, 2.75) is 38.5 Å². The summed E-state index contributed by atoms with van der Waals surface area (Å²) in [7, 11) is 2.02. The van der Waals surface area contributed by atoms with E-state index >= 15 is 0 Å². The number of aromatic nitrogens is 2. The van der Waals surface area contributed by atoms with Crippen LogP contribution in [0.25, 0.3) is 0 Å². The predicted octanol–water partition coefficient (Wildman–Crippen LogP) is 0.919. The molecule has 102 valence electrons. The molecular formula is C13H24N4O. The molecule has 1 aromatic rings. The maximum absolute atomic E-state index is 6.00. The third-order valence-electron chi connectivity index (χ3n) is 3.80. The van der Waals surface area contributed by atoms with Gasteiger partial charge < -0.3 is 15.0 Å². The molecule has 0 amide bonds. The molecule has 2 rings (SSSR count). The molecule has 5 nitrogen and oxygen atoms in total. The summed E-state index contributed by atoms with van der Waals surface area (Å²) in [5, 5.41) is 0. The largest absolute Gasteiger partial charge is 0.376 e. The summed E-state index contributed by atoms with van der Waals surface area (Å²) in [6.07, 6.45) is 5.11. The Balaban J connectivity index is 2.22. The lowest BCUT2D eigenvalue weighted by Crippen LogP contribution is -2.51. The second-order valence-electron chi connectivity index (χ2n) is 5.08. The van der Waals surface area contributed by atoms with Gasteiger partial charge in [-0.1, -0.05) is 6.92 Å². The fourth-order valence-corrected chi connectivity index (χ4v) is 2.72. The van der Waals surface area contributed by atoms with Crippen LogP contribution in [0.3, 0.4) is 0 Å². The van der Waals surface area contributed by atoms with E-state index in [-0.39, 0.29) is 12.1 Å². The topological polar surface area (TPSA) is 56.3 Å². The van der Waals surface area contributed by atoms with Crippen molar-refractivity contribution < 1.29 is 4.74 Å². The van der Waals surface area contributed by atoms with Crippen LogP contribution in [0.4, 0.5) is 0 Å². The first-order chi connectivity index (χ1) is 8.67. The molecule has 3 unspecified atom stereocenters. The molecule has 0 spiro atoms. The number of rotatable bonds is 4. The van der Waals surface area contributed by atoms with Crippen molar-refractivity contribution in [3.8, 4) is 0 Å². The first-order valence-electron chi connectivity index (χ1n) is 6.71. The monoisotopic (exact) mass is 252 g/mol. The van der Waals surface area contributed by atoms with Gasteiger partial charge in [-0.15, -0.1) is 0 Å². The number of aryl methyl sites for hydroxylation is 1. The summed E-state index contributed by atoms with van der Waals surface area (Å²) in [5.74, 6) is 0. The Bertz CT molecular complexity index is 379. The van der Waals surface area contributed by atoms with E-state index < -0.39 is 0 Å². The Morgan fingerprint density at radius 3 is 2.94 bits per heavy atom. The van der Waals surface area contributed by atoms with Crippen molar-refractivity contribution in [2.24, 2.45) is 12.8 Å². The van der Waals surface area contributed by atoms with Crippen molar-refractivity contribution in [2.75, 3.05) is 19.7 Å². The van der Waals surface area contributed by atoms with Gasteiger partial charge in [0.2, 0.25) is 0 Å². The van der Waals surface area contributed by atoms with E-state index in [1.54, 1.807) is 0 Å². The van der Waals surface area contributed by atoms with Gasteiger partial charge in [0.05, 0.1) is 30.8 Å². The molecule has 0 radical (unpaired) electrons. The summed E-state index contributed by atoms with van der Waals surface area (Å²) in [6, 6.07) is 0.679. The smallest absolute Gasteiger partial charge is 0.0946 e. The molecule has 1 aliphatic rings. The number of morpholine rings is 1. The third-order valence-corrected chi connectivity index (χ3v) is 3.80. The molecule has 0 bridgehead atoms. The van der Waals surface area contributed by atoms with E-state index in [2.05, 4.69) is 28.3 Å². The fraction of sp³-hybridized carbons (Fsp3) is 0.769. The summed E-state index contributed by atoms with van der Waals surface area (Å²) in [5.41, 5.74) is 7.19. The van der Waals surface area contributed by atoms with E-state index in [4.69, 9.17) is 10.5 Å². The highest BCUT2D eigenvalue weighted by atomic mass is 16.5. The average Bonchev–Trinajstić information content (AvgIpc) is 2.77. The normalized spacial score (nSPS) is 27.3. The lowest BCUT2D eigenvalue weighted by molar-refractivity contribution is -0.0728. The minimum absolute atomic E-state index is 0.230. The average molecular weight is 252 g/mol. The van der Waals surface area contributed by atoms with Crippen molar-refractivity contribution in [1.29, 1.82) is 0 Å². The molecule has 0 aromatic carbocycles. The molecule has 2 heterocycles. The maximum atomic E-state index is 6.00. The molecule has 0 saturated carbocycles. The van der Waals surface area contributed by atoms with Crippen molar-refractivity contribution in [3.63, 3.8) is 0 Å². The second-order valence-corrected chi connectivity index (χ2v) is 5.08. The summed E-state index contributed by atoms with van der Waals surface area (Å²) < 4.78 is 7.81. The van der Waals surface area contributed by atoms with Crippen LogP contribution in [0, 0.1) is 0 Å². The Kier molecular flexibility index (Phi) is 4.37. The maximum Gasteiger partial charge on any atom is 0.0946 e. The number of nitrogens with two attached hydrogens (primary N) is 1. The zero-order valence-electron chi connectivity index (χ0n) is 11.5. The van der Waals surface area contributed by atoms with Gasteiger partial charge >= 0.3 is 0 Å². The van der Waals surface area contributed by atoms with Crippen LogP contribution in [0.1, 0.15) is 32.0 Å². The standard InChI is InChI=1S/C13H24N4O/c1-4-11-8-18-10(2)7-17(11)12(5-14)13-6-15-9-16(13)3/h6,9-12H,4-5,7-8,14H2,1-3H3. The molecular weight excluding hydrogens is 228 g/mol. The van der Waals surface area contributed by atoms with Gasteiger partial charge in [0.25, 0.3) is 0 Å². The summed E-state index contributed by atoms with van der Waals surface area (Å²) in [4.78, 5) is 6.68. The highest BCUT2D eigenvalue weighted by Gasteiger charge is 2.32. The SMILES string of the molecule is CCC1COC(C)CN1C(CN)c1cncn1C. The molecule has 1 aliphatic heterocycles. The first kappa shape index (κ1) is 13.5. The molecule has 0 aliphatic carbocycles. The van der Waals surface area contributed by atoms with Crippen molar-refractivity contribution in [1.82, 2.24) is 14.5 Å². The van der Waals surface area contributed by atoms with Gasteiger partial charge in [-0.25, -0.2) is 4.98 Å². The van der Waals surface area contributed by atoms with E-state index in [9.17, 15) is 0 Å². The number of hydrogen-bond donors (Lipinski definition) is 1. The number of ether oxygens (including phenoxy) is 1. The Labute approximate surface area is 109 Å². The number of hydrogen-bond acceptors (Lipinski definition) is 4. The molecule has 1 saturated heterocycles. The van der Waals surface area contributed by atoms with Crippen LogP contribution in [-0.2, 0) is 11.8 Å². The van der Waals surface area contributed by atoms with Gasteiger partial charge in [-0.3, -0.25) is 4.90 Å². The molecule has 2 N–H and O–H groups in total. The quantitative estimate of drug-likeness (QED) is 0.865. The predicted molar refractivity (Wildman–Crippen MR) is 71.2 cm³/mol. The fourth-order valence-electron chi connectivity index (χ4n) is 2.72. The molecule has 1 fully saturated rings. The Hall–Kier alpha value is -0.910. The van der Waals surface area contributed by atoms with Gasteiger partial charge in [0.1, 0.15) is 0 Å². The van der Waals surface area contributed by atoms with Crippen LogP contribution < -0.4 is 5.73 Å². The van der Waals surface area contributed by atoms with Crippen LogP contribution in [0.2, 0.25) is 0 Å². The van der Waals surface area contributed by atoms with E-state index in [0.717, 1.165) is 19.6 Å². The van der Waals surface area contributed by atoms with E-state index in [0.29, 0.717) is 12.6 Å². The van der Waals surface area contributed by atoms with E-state index in [1.807, 2.05) is 19.6 Å². The van der Waals surface area contributed by atoms with Crippen molar-refractivity contribution in [3.05, 3.63) is 18.2 Å². The number of nitrogens with zero attached hydrogens (tertiary/aromatic N) is 3. The minimum atomic E-state index is 0.230. The van der Waals surface area contributed by atoms with Crippen LogP contribution >= 0.6 is 0 Å². The van der Waals surface area contributed by atoms with Gasteiger partial charge in [0, 0.05) is 32.4 Å². The number of imidazole rings is 1. The highest BCUT2D eigenvalue weighted by molar-refractivity contribution is 5.07. The lowest BCUT2D eigenvalue weighted by Gasteiger charge is -2.42. The van der Waals surface area contributed by atoms with Crippen molar-refractivity contribution >= 4 is 0 Å². The van der Waals surface area contributed by atoms with Gasteiger partial charge in [-0.2, -0.15) is 0 Å². The molecule has 5 heteroatoms. The zero-order chi connectivity index (χ0) is 13.1. The second kappa shape index (κ2) is 5.82. The van der Waals surface area contributed by atoms with Gasteiger partial charge in [0.15, 0.2) is 0 Å². The van der Waals surface area contributed by atoms with E-state index in [1.165, 1.54) is 5.69 Å². The summed E-state index contributed by atoms with van der Waals surface area (Å²) in [6.45, 7) is 6.67. The summed E-state index contributed by atoms with van der Waals surface area (Å²) >= 11 is 0.